The molecule has 0 fully saturated rings. The number of hydrogen-bond acceptors (Lipinski definition) is 1. The molecule has 0 spiro atoms. The number of allylic oxidation sites excluding steroid dienone is 1. The van der Waals surface area contributed by atoms with E-state index in [0.717, 1.165) is 5.69 Å². The zero-order valence-corrected chi connectivity index (χ0v) is 13.6. The first-order valence-corrected chi connectivity index (χ1v) is 7.93. The zero-order valence-electron chi connectivity index (χ0n) is 13.6. The lowest BCUT2D eigenvalue weighted by atomic mass is 9.94. The van der Waals surface area contributed by atoms with Crippen LogP contribution in [-0.4, -0.2) is 7.05 Å². The number of para-hydroxylation sites is 1. The van der Waals surface area contributed by atoms with Gasteiger partial charge < -0.3 is 5.32 Å². The topological polar surface area (TPSA) is 12.0 Å². The van der Waals surface area contributed by atoms with Crippen LogP contribution in [0.5, 0.6) is 0 Å². The van der Waals surface area contributed by atoms with Gasteiger partial charge in [0, 0.05) is 18.3 Å². The van der Waals surface area contributed by atoms with Crippen molar-refractivity contribution in [1.82, 2.24) is 0 Å². The van der Waals surface area contributed by atoms with Gasteiger partial charge in [0.1, 0.15) is 0 Å². The standard InChI is InChI=1S/C22H21N/c1-3-20(21-11-7-8-12-22(21)23-2)19-15-13-18(14-16-19)17-9-5-4-6-10-17/h3-16,23H,1-2H3/b20-3-. The molecule has 3 aromatic rings. The minimum atomic E-state index is 1.15. The van der Waals surface area contributed by atoms with E-state index in [4.69, 9.17) is 0 Å². The van der Waals surface area contributed by atoms with Gasteiger partial charge in [0.15, 0.2) is 0 Å². The van der Waals surface area contributed by atoms with Crippen molar-refractivity contribution in [3.8, 4) is 11.1 Å². The highest BCUT2D eigenvalue weighted by molar-refractivity contribution is 5.86. The van der Waals surface area contributed by atoms with E-state index in [0.29, 0.717) is 0 Å². The monoisotopic (exact) mass is 299 g/mol. The van der Waals surface area contributed by atoms with E-state index in [2.05, 4.69) is 91.1 Å². The quantitative estimate of drug-likeness (QED) is 0.637. The maximum atomic E-state index is 3.28. The first-order valence-electron chi connectivity index (χ1n) is 7.93. The zero-order chi connectivity index (χ0) is 16.1. The van der Waals surface area contributed by atoms with Crippen molar-refractivity contribution >= 4 is 11.3 Å². The minimum Gasteiger partial charge on any atom is -0.388 e. The first-order chi connectivity index (χ1) is 11.3. The fourth-order valence-corrected chi connectivity index (χ4v) is 2.89. The molecule has 0 aliphatic heterocycles. The summed E-state index contributed by atoms with van der Waals surface area (Å²) < 4.78 is 0. The number of benzene rings is 3. The van der Waals surface area contributed by atoms with Crippen molar-refractivity contribution in [2.45, 2.75) is 6.92 Å². The highest BCUT2D eigenvalue weighted by atomic mass is 14.8. The van der Waals surface area contributed by atoms with Crippen LogP contribution >= 0.6 is 0 Å². The average Bonchev–Trinajstić information content (AvgIpc) is 2.64. The highest BCUT2D eigenvalue weighted by Crippen LogP contribution is 2.30. The molecule has 0 unspecified atom stereocenters. The molecule has 0 aliphatic carbocycles. The molecular weight excluding hydrogens is 278 g/mol. The van der Waals surface area contributed by atoms with Crippen molar-refractivity contribution in [3.63, 3.8) is 0 Å². The van der Waals surface area contributed by atoms with Gasteiger partial charge in [-0.2, -0.15) is 0 Å². The predicted octanol–water partition coefficient (Wildman–Crippen LogP) is 5.85. The maximum Gasteiger partial charge on any atom is 0.0417 e. The van der Waals surface area contributed by atoms with Crippen molar-refractivity contribution in [3.05, 3.63) is 96.1 Å². The van der Waals surface area contributed by atoms with Gasteiger partial charge in [-0.15, -0.1) is 0 Å². The largest absolute Gasteiger partial charge is 0.388 e. The molecule has 1 N–H and O–H groups in total. The Kier molecular flexibility index (Phi) is 4.58. The lowest BCUT2D eigenvalue weighted by molar-refractivity contribution is 1.46. The molecule has 1 heteroatoms. The van der Waals surface area contributed by atoms with Gasteiger partial charge in [-0.05, 0) is 35.3 Å². The molecule has 0 bridgehead atoms. The summed E-state index contributed by atoms with van der Waals surface area (Å²) in [4.78, 5) is 0. The maximum absolute atomic E-state index is 3.28. The molecule has 0 radical (unpaired) electrons. The van der Waals surface area contributed by atoms with E-state index in [1.54, 1.807) is 0 Å². The number of anilines is 1. The van der Waals surface area contributed by atoms with Gasteiger partial charge in [-0.25, -0.2) is 0 Å². The van der Waals surface area contributed by atoms with E-state index >= 15 is 0 Å². The van der Waals surface area contributed by atoms with Crippen molar-refractivity contribution < 1.29 is 0 Å². The van der Waals surface area contributed by atoms with Gasteiger partial charge in [0.05, 0.1) is 0 Å². The molecule has 3 aromatic carbocycles. The summed E-state index contributed by atoms with van der Waals surface area (Å²) in [5, 5.41) is 3.28. The van der Waals surface area contributed by atoms with Gasteiger partial charge in [-0.3, -0.25) is 0 Å². The Hall–Kier alpha value is -2.80. The Labute approximate surface area is 138 Å². The second-order valence-electron chi connectivity index (χ2n) is 5.44. The first kappa shape index (κ1) is 15.1. The van der Waals surface area contributed by atoms with Gasteiger partial charge >= 0.3 is 0 Å². The molecule has 3 rings (SSSR count). The third kappa shape index (κ3) is 3.19. The Morgan fingerprint density at radius 1 is 0.739 bits per heavy atom. The smallest absolute Gasteiger partial charge is 0.0417 e. The third-order valence-corrected chi connectivity index (χ3v) is 4.08. The normalized spacial score (nSPS) is 11.3. The number of rotatable bonds is 4. The summed E-state index contributed by atoms with van der Waals surface area (Å²) in [6, 6.07) is 27.7. The van der Waals surface area contributed by atoms with Gasteiger partial charge in [0.25, 0.3) is 0 Å². The fraction of sp³-hybridized carbons (Fsp3) is 0.0909. The molecule has 0 atom stereocenters. The average molecular weight is 299 g/mol. The lowest BCUT2D eigenvalue weighted by Crippen LogP contribution is -1.96. The van der Waals surface area contributed by atoms with Crippen LogP contribution in [0.3, 0.4) is 0 Å². The summed E-state index contributed by atoms with van der Waals surface area (Å²) in [5.74, 6) is 0. The second kappa shape index (κ2) is 6.97. The Morgan fingerprint density at radius 2 is 1.35 bits per heavy atom. The highest BCUT2D eigenvalue weighted by Gasteiger charge is 2.08. The molecule has 0 saturated carbocycles. The van der Waals surface area contributed by atoms with E-state index in [-0.39, 0.29) is 0 Å². The SMILES string of the molecule is C/C=C(/c1ccc(-c2ccccc2)cc1)c1ccccc1NC. The minimum absolute atomic E-state index is 1.15. The van der Waals surface area contributed by atoms with Crippen LogP contribution in [0.15, 0.2) is 84.9 Å². The summed E-state index contributed by atoms with van der Waals surface area (Å²) in [6.45, 7) is 2.09. The second-order valence-corrected chi connectivity index (χ2v) is 5.44. The third-order valence-electron chi connectivity index (χ3n) is 4.08. The molecule has 0 aliphatic rings. The molecule has 1 nitrogen and oxygen atoms in total. The van der Waals surface area contributed by atoms with Crippen LogP contribution in [0.1, 0.15) is 18.1 Å². The molecular formula is C22H21N. The Morgan fingerprint density at radius 3 is 2.00 bits per heavy atom. The van der Waals surface area contributed by atoms with Crippen LogP contribution in [0.25, 0.3) is 16.7 Å². The van der Waals surface area contributed by atoms with Crippen LogP contribution in [-0.2, 0) is 0 Å². The van der Waals surface area contributed by atoms with Gasteiger partial charge in [-0.1, -0.05) is 78.9 Å². The number of hydrogen-bond donors (Lipinski definition) is 1. The molecule has 0 saturated heterocycles. The summed E-state index contributed by atoms with van der Waals surface area (Å²) in [7, 11) is 1.96. The van der Waals surface area contributed by atoms with E-state index in [1.165, 1.54) is 27.8 Å². The summed E-state index contributed by atoms with van der Waals surface area (Å²) in [6.07, 6.45) is 2.17. The van der Waals surface area contributed by atoms with Crippen molar-refractivity contribution in [1.29, 1.82) is 0 Å². The number of nitrogens with one attached hydrogen (secondary N) is 1. The molecule has 0 aromatic heterocycles. The van der Waals surface area contributed by atoms with Crippen LogP contribution in [0, 0.1) is 0 Å². The summed E-state index contributed by atoms with van der Waals surface area (Å²) >= 11 is 0. The Balaban J connectivity index is 1.97. The van der Waals surface area contributed by atoms with Gasteiger partial charge in [0.2, 0.25) is 0 Å². The van der Waals surface area contributed by atoms with Crippen LogP contribution < -0.4 is 5.32 Å². The van der Waals surface area contributed by atoms with E-state index < -0.39 is 0 Å². The Bertz CT molecular complexity index is 799. The molecule has 114 valence electrons. The lowest BCUT2D eigenvalue weighted by Gasteiger charge is -2.13. The molecule has 23 heavy (non-hydrogen) atoms. The van der Waals surface area contributed by atoms with Crippen molar-refractivity contribution in [2.75, 3.05) is 12.4 Å². The van der Waals surface area contributed by atoms with Crippen molar-refractivity contribution in [2.24, 2.45) is 0 Å². The fourth-order valence-electron chi connectivity index (χ4n) is 2.89. The summed E-state index contributed by atoms with van der Waals surface area (Å²) in [5.41, 5.74) is 7.34. The predicted molar refractivity (Wildman–Crippen MR) is 101 cm³/mol. The van der Waals surface area contributed by atoms with Crippen LogP contribution in [0.2, 0.25) is 0 Å². The van der Waals surface area contributed by atoms with E-state index in [1.807, 2.05) is 13.1 Å². The van der Waals surface area contributed by atoms with Crippen LogP contribution in [0.4, 0.5) is 5.69 Å². The molecule has 0 amide bonds. The van der Waals surface area contributed by atoms with E-state index in [9.17, 15) is 0 Å². The molecule has 0 heterocycles.